The summed E-state index contributed by atoms with van der Waals surface area (Å²) in [6.45, 7) is 4.11. The number of hydrogen-bond acceptors (Lipinski definition) is 3. The number of rotatable bonds is 7. The van der Waals surface area contributed by atoms with Crippen LogP contribution in [0.15, 0.2) is 60.8 Å². The largest absolute Gasteiger partial charge is 0.449 e. The van der Waals surface area contributed by atoms with E-state index in [-0.39, 0.29) is 6.09 Å². The van der Waals surface area contributed by atoms with Crippen molar-refractivity contribution < 1.29 is 9.53 Å². The van der Waals surface area contributed by atoms with Crippen molar-refractivity contribution in [2.75, 3.05) is 19.7 Å². The van der Waals surface area contributed by atoms with Gasteiger partial charge in [-0.25, -0.2) is 9.78 Å². The van der Waals surface area contributed by atoms with Gasteiger partial charge in [-0.15, -0.1) is 0 Å². The van der Waals surface area contributed by atoms with E-state index in [0.717, 1.165) is 62.3 Å². The number of likely N-dealkylation sites (tertiary alicyclic amines) is 1. The molecule has 5 nitrogen and oxygen atoms in total. The molecule has 1 saturated heterocycles. The molecule has 2 aromatic carbocycles. The Hall–Kier alpha value is -3.08. The van der Waals surface area contributed by atoms with E-state index in [1.807, 2.05) is 17.2 Å². The van der Waals surface area contributed by atoms with Crippen molar-refractivity contribution in [1.29, 1.82) is 0 Å². The smallest absolute Gasteiger partial charge is 0.409 e. The number of nitrogens with one attached hydrogen (secondary N) is 1. The number of aromatic nitrogens is 2. The fourth-order valence-corrected chi connectivity index (χ4v) is 4.10. The van der Waals surface area contributed by atoms with Crippen molar-refractivity contribution in [1.82, 2.24) is 14.9 Å². The number of H-pyrrole nitrogens is 1. The number of nitrogens with zero attached hydrogens (tertiary/aromatic N) is 2. The molecule has 3 aromatic rings. The summed E-state index contributed by atoms with van der Waals surface area (Å²) in [6, 6.07) is 19.0. The van der Waals surface area contributed by atoms with Crippen molar-refractivity contribution in [3.8, 4) is 22.4 Å². The van der Waals surface area contributed by atoms with E-state index in [1.165, 1.54) is 11.1 Å². The Labute approximate surface area is 184 Å². The van der Waals surface area contributed by atoms with E-state index in [1.54, 1.807) is 0 Å². The normalized spacial score (nSPS) is 14.5. The lowest BCUT2D eigenvalue weighted by molar-refractivity contribution is 0.0908. The molecule has 0 spiro atoms. The maximum atomic E-state index is 12.2. The van der Waals surface area contributed by atoms with Gasteiger partial charge in [-0.1, -0.05) is 74.4 Å². The highest BCUT2D eigenvalue weighted by molar-refractivity contribution is 5.69. The summed E-state index contributed by atoms with van der Waals surface area (Å²) in [5.74, 6) is 1.36. The molecular weight excluding hydrogens is 386 g/mol. The van der Waals surface area contributed by atoms with Crippen LogP contribution in [0.2, 0.25) is 0 Å². The lowest BCUT2D eigenvalue weighted by Crippen LogP contribution is -2.38. The number of aromatic amines is 1. The Morgan fingerprint density at radius 2 is 1.68 bits per heavy atom. The molecule has 1 aromatic heterocycles. The van der Waals surface area contributed by atoms with E-state index in [2.05, 4.69) is 65.4 Å². The van der Waals surface area contributed by atoms with Crippen molar-refractivity contribution in [3.63, 3.8) is 0 Å². The van der Waals surface area contributed by atoms with Gasteiger partial charge in [0.2, 0.25) is 0 Å². The minimum Gasteiger partial charge on any atom is -0.449 e. The summed E-state index contributed by atoms with van der Waals surface area (Å²) in [6.07, 6.45) is 6.74. The lowest BCUT2D eigenvalue weighted by Gasteiger charge is -2.30. The van der Waals surface area contributed by atoms with Crippen LogP contribution in [0.25, 0.3) is 22.4 Å². The van der Waals surface area contributed by atoms with Crippen LogP contribution in [0.5, 0.6) is 0 Å². The van der Waals surface area contributed by atoms with Crippen molar-refractivity contribution >= 4 is 6.09 Å². The van der Waals surface area contributed by atoms with Gasteiger partial charge in [-0.3, -0.25) is 0 Å². The monoisotopic (exact) mass is 417 g/mol. The van der Waals surface area contributed by atoms with Crippen LogP contribution in [0.4, 0.5) is 4.79 Å². The standard InChI is InChI=1S/C26H31N3O2/c1-2-3-7-18-31-26(30)29-16-14-23(15-17-29)25-27-19-24(28-25)22-12-10-21(11-13-22)20-8-5-4-6-9-20/h4-6,8-13,19,23H,2-3,7,14-18H2,1H3,(H,27,28). The molecule has 31 heavy (non-hydrogen) atoms. The maximum Gasteiger partial charge on any atom is 0.409 e. The second kappa shape index (κ2) is 10.3. The zero-order valence-corrected chi connectivity index (χ0v) is 18.2. The predicted octanol–water partition coefficient (Wildman–Crippen LogP) is 6.25. The van der Waals surface area contributed by atoms with E-state index in [0.29, 0.717) is 12.5 Å². The number of piperidine rings is 1. The number of carbonyl (C=O) groups is 1. The molecule has 4 rings (SSSR count). The molecule has 5 heteroatoms. The van der Waals surface area contributed by atoms with Gasteiger partial charge in [-0.2, -0.15) is 0 Å². The van der Waals surface area contributed by atoms with Crippen LogP contribution in [0, 0.1) is 0 Å². The Bertz CT molecular complexity index is 958. The number of imidazole rings is 1. The summed E-state index contributed by atoms with van der Waals surface area (Å²) in [5, 5.41) is 0. The number of carbonyl (C=O) groups excluding carboxylic acids is 1. The predicted molar refractivity (Wildman–Crippen MR) is 124 cm³/mol. The van der Waals surface area contributed by atoms with Gasteiger partial charge in [-0.05, 0) is 36.0 Å². The Morgan fingerprint density at radius 3 is 2.39 bits per heavy atom. The van der Waals surface area contributed by atoms with Gasteiger partial charge in [0.05, 0.1) is 18.5 Å². The zero-order chi connectivity index (χ0) is 21.5. The van der Waals surface area contributed by atoms with Gasteiger partial charge in [0.15, 0.2) is 0 Å². The van der Waals surface area contributed by atoms with E-state index in [4.69, 9.17) is 4.74 Å². The molecule has 0 bridgehead atoms. The molecule has 0 unspecified atom stereocenters. The minimum absolute atomic E-state index is 0.173. The number of amides is 1. The highest BCUT2D eigenvalue weighted by atomic mass is 16.6. The third-order valence-electron chi connectivity index (χ3n) is 6.01. The molecule has 2 heterocycles. The summed E-state index contributed by atoms with van der Waals surface area (Å²) < 4.78 is 5.39. The van der Waals surface area contributed by atoms with Crippen molar-refractivity contribution in [3.05, 3.63) is 66.6 Å². The van der Waals surface area contributed by atoms with Crippen LogP contribution in [-0.2, 0) is 4.74 Å². The first-order valence-corrected chi connectivity index (χ1v) is 11.4. The second-order valence-electron chi connectivity index (χ2n) is 8.21. The lowest BCUT2D eigenvalue weighted by atomic mass is 9.96. The Kier molecular flexibility index (Phi) is 7.03. The molecule has 0 aliphatic carbocycles. The number of benzene rings is 2. The van der Waals surface area contributed by atoms with Crippen molar-refractivity contribution in [2.24, 2.45) is 0 Å². The third-order valence-corrected chi connectivity index (χ3v) is 6.01. The second-order valence-corrected chi connectivity index (χ2v) is 8.21. The average molecular weight is 418 g/mol. The summed E-state index contributed by atoms with van der Waals surface area (Å²) in [5.41, 5.74) is 4.59. The first-order chi connectivity index (χ1) is 15.2. The summed E-state index contributed by atoms with van der Waals surface area (Å²) in [7, 11) is 0. The van der Waals surface area contributed by atoms with Gasteiger partial charge in [0.25, 0.3) is 0 Å². The zero-order valence-electron chi connectivity index (χ0n) is 18.2. The Morgan fingerprint density at radius 1 is 1.00 bits per heavy atom. The SMILES string of the molecule is CCCCCOC(=O)N1CCC(c2ncc(-c3ccc(-c4ccccc4)cc3)[nH]2)CC1. The fourth-order valence-electron chi connectivity index (χ4n) is 4.10. The minimum atomic E-state index is -0.173. The maximum absolute atomic E-state index is 12.2. The first-order valence-electron chi connectivity index (χ1n) is 11.4. The van der Waals surface area contributed by atoms with Crippen LogP contribution >= 0.6 is 0 Å². The van der Waals surface area contributed by atoms with E-state index in [9.17, 15) is 4.79 Å². The highest BCUT2D eigenvalue weighted by Crippen LogP contribution is 2.29. The molecule has 0 saturated carbocycles. The van der Waals surface area contributed by atoms with Gasteiger partial charge >= 0.3 is 6.09 Å². The first kappa shape index (κ1) is 21.2. The molecule has 1 amide bonds. The Balaban J connectivity index is 1.32. The molecule has 162 valence electrons. The van der Waals surface area contributed by atoms with Crippen LogP contribution in [0.1, 0.15) is 50.8 Å². The molecule has 1 aliphatic rings. The third kappa shape index (κ3) is 5.35. The van der Waals surface area contributed by atoms with Gasteiger partial charge in [0.1, 0.15) is 5.82 Å². The number of hydrogen-bond donors (Lipinski definition) is 1. The molecule has 1 N–H and O–H groups in total. The van der Waals surface area contributed by atoms with Gasteiger partial charge in [0, 0.05) is 19.0 Å². The van der Waals surface area contributed by atoms with Crippen LogP contribution in [0.3, 0.4) is 0 Å². The number of unbranched alkanes of at least 4 members (excludes halogenated alkanes) is 2. The van der Waals surface area contributed by atoms with Crippen molar-refractivity contribution in [2.45, 2.75) is 44.9 Å². The van der Waals surface area contributed by atoms with E-state index >= 15 is 0 Å². The van der Waals surface area contributed by atoms with Crippen LogP contribution < -0.4 is 0 Å². The quantitative estimate of drug-likeness (QED) is 0.462. The summed E-state index contributed by atoms with van der Waals surface area (Å²) >= 11 is 0. The molecule has 0 radical (unpaired) electrons. The molecule has 1 aliphatic heterocycles. The fraction of sp³-hybridized carbons (Fsp3) is 0.385. The van der Waals surface area contributed by atoms with E-state index < -0.39 is 0 Å². The highest BCUT2D eigenvalue weighted by Gasteiger charge is 2.26. The molecular formula is C26H31N3O2. The van der Waals surface area contributed by atoms with Gasteiger partial charge < -0.3 is 14.6 Å². The molecule has 0 atom stereocenters. The number of ether oxygens (including phenoxy) is 1. The summed E-state index contributed by atoms with van der Waals surface area (Å²) in [4.78, 5) is 22.2. The average Bonchev–Trinajstić information content (AvgIpc) is 3.33. The molecule has 1 fully saturated rings. The van der Waals surface area contributed by atoms with Crippen LogP contribution in [-0.4, -0.2) is 40.7 Å². The topological polar surface area (TPSA) is 58.2 Å².